The third-order valence-electron chi connectivity index (χ3n) is 5.33. The molecule has 1 saturated heterocycles. The standard InChI is InChI=1S/C18H31N5O2/c1-22-17(11-15(21-22)8-10-25-2)20-18(24)19-16-7-9-23(13-16)12-14-5-3-4-6-14/h11,14,16H,3-10,12-13H2,1-2H3,(H2,19,20,24). The molecule has 2 aliphatic rings. The largest absolute Gasteiger partial charge is 0.384 e. The van der Waals surface area contributed by atoms with Gasteiger partial charge in [-0.3, -0.25) is 10.00 Å². The minimum absolute atomic E-state index is 0.144. The number of ether oxygens (including phenoxy) is 1. The van der Waals surface area contributed by atoms with Gasteiger partial charge in [0.1, 0.15) is 5.82 Å². The quantitative estimate of drug-likeness (QED) is 0.790. The SMILES string of the molecule is COCCc1cc(NC(=O)NC2CCN(CC3CCCC3)C2)n(C)n1. The van der Waals surface area contributed by atoms with Crippen molar-refractivity contribution in [3.05, 3.63) is 11.8 Å². The molecular weight excluding hydrogens is 318 g/mol. The van der Waals surface area contributed by atoms with E-state index in [1.54, 1.807) is 11.8 Å². The number of likely N-dealkylation sites (tertiary alicyclic amines) is 1. The van der Waals surface area contributed by atoms with Crippen molar-refractivity contribution < 1.29 is 9.53 Å². The van der Waals surface area contributed by atoms with Crippen LogP contribution in [0.25, 0.3) is 0 Å². The van der Waals surface area contributed by atoms with Crippen LogP contribution in [0.1, 0.15) is 37.8 Å². The van der Waals surface area contributed by atoms with Crippen LogP contribution in [0.2, 0.25) is 0 Å². The summed E-state index contributed by atoms with van der Waals surface area (Å²) >= 11 is 0. The van der Waals surface area contributed by atoms with Gasteiger partial charge in [-0.2, -0.15) is 5.10 Å². The Morgan fingerprint density at radius 2 is 2.16 bits per heavy atom. The fourth-order valence-electron chi connectivity index (χ4n) is 3.98. The highest BCUT2D eigenvalue weighted by Gasteiger charge is 2.27. The molecular formula is C18H31N5O2. The number of amides is 2. The van der Waals surface area contributed by atoms with E-state index in [9.17, 15) is 4.79 Å². The molecule has 0 spiro atoms. The maximum Gasteiger partial charge on any atom is 0.320 e. The van der Waals surface area contributed by atoms with Crippen LogP contribution in [0.5, 0.6) is 0 Å². The number of nitrogens with zero attached hydrogens (tertiary/aromatic N) is 3. The van der Waals surface area contributed by atoms with E-state index >= 15 is 0 Å². The highest BCUT2D eigenvalue weighted by Crippen LogP contribution is 2.26. The topological polar surface area (TPSA) is 71.4 Å². The van der Waals surface area contributed by atoms with Crippen molar-refractivity contribution in [2.45, 2.75) is 44.6 Å². The number of nitrogens with one attached hydrogen (secondary N) is 2. The van der Waals surface area contributed by atoms with E-state index in [0.29, 0.717) is 12.4 Å². The second-order valence-corrected chi connectivity index (χ2v) is 7.38. The minimum Gasteiger partial charge on any atom is -0.384 e. The van der Waals surface area contributed by atoms with Gasteiger partial charge in [-0.05, 0) is 25.2 Å². The number of carbonyl (C=O) groups is 1. The maximum atomic E-state index is 12.3. The fraction of sp³-hybridized carbons (Fsp3) is 0.778. The molecule has 2 N–H and O–H groups in total. The molecule has 1 aromatic heterocycles. The van der Waals surface area contributed by atoms with Gasteiger partial charge in [0.15, 0.2) is 0 Å². The lowest BCUT2D eigenvalue weighted by atomic mass is 10.1. The summed E-state index contributed by atoms with van der Waals surface area (Å²) in [4.78, 5) is 14.8. The number of aryl methyl sites for hydroxylation is 1. The summed E-state index contributed by atoms with van der Waals surface area (Å²) in [6, 6.07) is 2.00. The summed E-state index contributed by atoms with van der Waals surface area (Å²) in [5.74, 6) is 1.58. The summed E-state index contributed by atoms with van der Waals surface area (Å²) in [6.07, 6.45) is 7.30. The van der Waals surface area contributed by atoms with Crippen molar-refractivity contribution >= 4 is 11.8 Å². The molecule has 1 aromatic rings. The van der Waals surface area contributed by atoms with Crippen molar-refractivity contribution in [3.63, 3.8) is 0 Å². The van der Waals surface area contributed by atoms with Gasteiger partial charge in [0.05, 0.1) is 12.3 Å². The minimum atomic E-state index is -0.144. The van der Waals surface area contributed by atoms with E-state index in [4.69, 9.17) is 4.74 Å². The lowest BCUT2D eigenvalue weighted by Gasteiger charge is -2.20. The van der Waals surface area contributed by atoms with E-state index < -0.39 is 0 Å². The van der Waals surface area contributed by atoms with E-state index in [-0.39, 0.29) is 12.1 Å². The van der Waals surface area contributed by atoms with E-state index in [1.165, 1.54) is 32.2 Å². The molecule has 1 aliphatic heterocycles. The zero-order chi connectivity index (χ0) is 17.6. The number of aromatic nitrogens is 2. The van der Waals surface area contributed by atoms with E-state index in [0.717, 1.165) is 37.5 Å². The van der Waals surface area contributed by atoms with Crippen LogP contribution < -0.4 is 10.6 Å². The number of carbonyl (C=O) groups excluding carboxylic acids is 1. The Morgan fingerprint density at radius 1 is 1.36 bits per heavy atom. The normalized spacial score (nSPS) is 21.8. The van der Waals surface area contributed by atoms with Gasteiger partial charge in [-0.15, -0.1) is 0 Å². The van der Waals surface area contributed by atoms with Crippen molar-refractivity contribution in [3.8, 4) is 0 Å². The van der Waals surface area contributed by atoms with Crippen molar-refractivity contribution in [1.82, 2.24) is 20.0 Å². The van der Waals surface area contributed by atoms with Crippen molar-refractivity contribution in [1.29, 1.82) is 0 Å². The van der Waals surface area contributed by atoms with Gasteiger partial charge in [0.25, 0.3) is 0 Å². The summed E-state index contributed by atoms with van der Waals surface area (Å²) in [5, 5.41) is 10.4. The Morgan fingerprint density at radius 3 is 2.92 bits per heavy atom. The Hall–Kier alpha value is -1.60. The third kappa shape index (κ3) is 5.19. The molecule has 0 radical (unpaired) electrons. The number of urea groups is 1. The Labute approximate surface area is 150 Å². The van der Waals surface area contributed by atoms with Crippen LogP contribution in [-0.4, -0.2) is 60.1 Å². The first-order valence-electron chi connectivity index (χ1n) is 9.45. The Balaban J connectivity index is 1.42. The first-order chi connectivity index (χ1) is 12.1. The monoisotopic (exact) mass is 349 g/mol. The summed E-state index contributed by atoms with van der Waals surface area (Å²) in [7, 11) is 3.51. The molecule has 0 aromatic carbocycles. The van der Waals surface area contributed by atoms with Gasteiger partial charge in [0.2, 0.25) is 0 Å². The zero-order valence-corrected chi connectivity index (χ0v) is 15.5. The Bertz CT molecular complexity index is 568. The highest BCUT2D eigenvalue weighted by molar-refractivity contribution is 5.88. The lowest BCUT2D eigenvalue weighted by molar-refractivity contribution is 0.201. The zero-order valence-electron chi connectivity index (χ0n) is 15.5. The van der Waals surface area contributed by atoms with Gasteiger partial charge in [-0.1, -0.05) is 12.8 Å². The molecule has 1 atom stereocenters. The second kappa shape index (κ2) is 8.67. The molecule has 2 amide bonds. The molecule has 25 heavy (non-hydrogen) atoms. The number of anilines is 1. The molecule has 3 rings (SSSR count). The molecule has 2 heterocycles. The average Bonchev–Trinajstić information content (AvgIpc) is 3.30. The number of hydrogen-bond acceptors (Lipinski definition) is 4. The molecule has 1 unspecified atom stereocenters. The predicted octanol–water partition coefficient (Wildman–Crippen LogP) is 1.99. The molecule has 1 saturated carbocycles. The fourth-order valence-corrected chi connectivity index (χ4v) is 3.98. The summed E-state index contributed by atoms with van der Waals surface area (Å²) < 4.78 is 6.77. The molecule has 2 fully saturated rings. The van der Waals surface area contributed by atoms with Gasteiger partial charge in [-0.25, -0.2) is 4.79 Å². The van der Waals surface area contributed by atoms with Crippen LogP contribution in [0.4, 0.5) is 10.6 Å². The van der Waals surface area contributed by atoms with E-state index in [1.807, 2.05) is 13.1 Å². The van der Waals surface area contributed by atoms with Crippen molar-refractivity contribution in [2.75, 3.05) is 38.7 Å². The van der Waals surface area contributed by atoms with Crippen molar-refractivity contribution in [2.24, 2.45) is 13.0 Å². The van der Waals surface area contributed by atoms with Crippen LogP contribution in [0.3, 0.4) is 0 Å². The predicted molar refractivity (Wildman–Crippen MR) is 97.7 cm³/mol. The smallest absolute Gasteiger partial charge is 0.320 e. The second-order valence-electron chi connectivity index (χ2n) is 7.38. The average molecular weight is 349 g/mol. The maximum absolute atomic E-state index is 12.3. The van der Waals surface area contributed by atoms with Gasteiger partial charge < -0.3 is 15.0 Å². The first-order valence-corrected chi connectivity index (χ1v) is 9.45. The number of rotatable bonds is 7. The molecule has 140 valence electrons. The molecule has 7 heteroatoms. The molecule has 1 aliphatic carbocycles. The molecule has 7 nitrogen and oxygen atoms in total. The first kappa shape index (κ1) is 18.2. The van der Waals surface area contributed by atoms with Gasteiger partial charge >= 0.3 is 6.03 Å². The van der Waals surface area contributed by atoms with Crippen LogP contribution >= 0.6 is 0 Å². The lowest BCUT2D eigenvalue weighted by Crippen LogP contribution is -2.40. The third-order valence-corrected chi connectivity index (χ3v) is 5.33. The van der Waals surface area contributed by atoms with Crippen LogP contribution in [0, 0.1) is 5.92 Å². The number of hydrogen-bond donors (Lipinski definition) is 2. The van der Waals surface area contributed by atoms with Crippen LogP contribution in [0.15, 0.2) is 6.07 Å². The Kier molecular flexibility index (Phi) is 6.31. The van der Waals surface area contributed by atoms with Gasteiger partial charge in [0, 0.05) is 52.3 Å². The van der Waals surface area contributed by atoms with E-state index in [2.05, 4.69) is 20.6 Å². The number of methoxy groups -OCH3 is 1. The summed E-state index contributed by atoms with van der Waals surface area (Å²) in [6.45, 7) is 3.88. The summed E-state index contributed by atoms with van der Waals surface area (Å²) in [5.41, 5.74) is 0.920. The van der Waals surface area contributed by atoms with Crippen LogP contribution in [-0.2, 0) is 18.2 Å². The molecule has 0 bridgehead atoms. The highest BCUT2D eigenvalue weighted by atomic mass is 16.5.